The fourth-order valence-corrected chi connectivity index (χ4v) is 9.19. The zero-order valence-electron chi connectivity index (χ0n) is 24.1. The minimum absolute atomic E-state index is 0.0356. The molecule has 0 atom stereocenters. The highest BCUT2D eigenvalue weighted by molar-refractivity contribution is 8.26. The minimum Gasteiger partial charge on any atom is -0.497 e. The van der Waals surface area contributed by atoms with Crippen LogP contribution in [0, 0.1) is 29.6 Å². The number of rotatable bonds is 11. The molecule has 5 fully saturated rings. The Kier molecular flexibility index (Phi) is 8.30. The molecule has 2 aromatic rings. The molecule has 4 saturated carbocycles. The van der Waals surface area contributed by atoms with Gasteiger partial charge in [-0.15, -0.1) is 0 Å². The maximum atomic E-state index is 13.9. The zero-order chi connectivity index (χ0) is 30.4. The first kappa shape index (κ1) is 29.7. The summed E-state index contributed by atoms with van der Waals surface area (Å²) < 4.78 is 17.8. The molecule has 43 heavy (non-hydrogen) atoms. The molecule has 4 bridgehead atoms. The van der Waals surface area contributed by atoms with E-state index in [0.29, 0.717) is 62.5 Å². The summed E-state index contributed by atoms with van der Waals surface area (Å²) in [5, 5.41) is 18.6. The molecule has 1 aromatic carbocycles. The lowest BCUT2D eigenvalue weighted by Crippen LogP contribution is -2.57. The number of aryl methyl sites for hydroxylation is 1. The van der Waals surface area contributed by atoms with Gasteiger partial charge in [-0.2, -0.15) is 0 Å². The molecule has 4 aliphatic carbocycles. The number of benzene rings is 1. The summed E-state index contributed by atoms with van der Waals surface area (Å²) in [6.45, 7) is 0. The second kappa shape index (κ2) is 12.0. The van der Waals surface area contributed by atoms with Gasteiger partial charge in [0.25, 0.3) is 5.91 Å². The monoisotopic (exact) mass is 625 g/mol. The van der Waals surface area contributed by atoms with E-state index < -0.39 is 17.9 Å². The van der Waals surface area contributed by atoms with Crippen LogP contribution in [0.5, 0.6) is 11.5 Å². The van der Waals surface area contributed by atoms with E-state index in [1.807, 2.05) is 23.1 Å². The van der Waals surface area contributed by atoms with Gasteiger partial charge in [-0.1, -0.05) is 24.0 Å². The normalized spacial score (nSPS) is 27.0. The Balaban J connectivity index is 1.30. The second-order valence-corrected chi connectivity index (χ2v) is 13.9. The number of nitrogens with zero attached hydrogens (tertiary/aromatic N) is 1. The molecule has 0 spiro atoms. The number of hydrogen-bond acceptors (Lipinski definition) is 8. The first-order valence-electron chi connectivity index (χ1n) is 14.7. The van der Waals surface area contributed by atoms with Gasteiger partial charge in [0.15, 0.2) is 5.92 Å². The molecule has 1 amide bonds. The van der Waals surface area contributed by atoms with Gasteiger partial charge in [0, 0.05) is 23.7 Å². The molecule has 5 aliphatic rings. The third-order valence-electron chi connectivity index (χ3n) is 9.57. The lowest BCUT2D eigenvalue weighted by atomic mass is 9.54. The fourth-order valence-electron chi connectivity index (χ4n) is 7.88. The maximum absolute atomic E-state index is 13.9. The SMILES string of the molecule is COc1cc(OC)cc(-c2cc(CCCC(C(=O)O)C(=O)O)c(/C=C3\SC(=S)N(C4C5CC6CC(C5)CC4C6)C3=O)o2)c1. The number of carboxylic acids is 2. The first-order chi connectivity index (χ1) is 20.6. The van der Waals surface area contributed by atoms with Crippen LogP contribution in [0.2, 0.25) is 0 Å². The number of ether oxygens (including phenoxy) is 2. The molecule has 0 radical (unpaired) electrons. The number of carbonyl (C=O) groups excluding carboxylic acids is 1. The molecule has 1 aliphatic heterocycles. The van der Waals surface area contributed by atoms with Crippen LogP contribution >= 0.6 is 24.0 Å². The smallest absolute Gasteiger partial charge is 0.317 e. The van der Waals surface area contributed by atoms with E-state index in [4.69, 9.17) is 26.1 Å². The van der Waals surface area contributed by atoms with Gasteiger partial charge in [0.1, 0.15) is 27.3 Å². The number of carboxylic acid groups (broad SMARTS) is 2. The lowest BCUT2D eigenvalue weighted by Gasteiger charge is -2.56. The van der Waals surface area contributed by atoms with E-state index in [9.17, 15) is 24.6 Å². The number of amides is 1. The van der Waals surface area contributed by atoms with Crippen molar-refractivity contribution in [2.24, 2.45) is 29.6 Å². The van der Waals surface area contributed by atoms with Crippen molar-refractivity contribution in [3.63, 3.8) is 0 Å². The lowest BCUT2D eigenvalue weighted by molar-refractivity contribution is -0.154. The third kappa shape index (κ3) is 5.81. The molecule has 2 N–H and O–H groups in total. The Morgan fingerprint density at radius 1 is 1.02 bits per heavy atom. The Morgan fingerprint density at radius 3 is 2.19 bits per heavy atom. The highest BCUT2D eigenvalue weighted by Crippen LogP contribution is 2.56. The van der Waals surface area contributed by atoms with Crippen molar-refractivity contribution in [1.29, 1.82) is 0 Å². The predicted octanol–water partition coefficient (Wildman–Crippen LogP) is 6.10. The van der Waals surface area contributed by atoms with Crippen LogP contribution in [0.15, 0.2) is 33.6 Å². The molecule has 2 heterocycles. The average Bonchev–Trinajstić information content (AvgIpc) is 3.49. The average molecular weight is 626 g/mol. The molecule has 1 saturated heterocycles. The summed E-state index contributed by atoms with van der Waals surface area (Å²) in [5.41, 5.74) is 1.44. The van der Waals surface area contributed by atoms with E-state index in [-0.39, 0.29) is 18.4 Å². The van der Waals surface area contributed by atoms with E-state index in [1.165, 1.54) is 43.9 Å². The fraction of sp³-hybridized carbons (Fsp3) is 0.500. The standard InChI is InChI=1S/C32H35NO8S2/c1-39-22-11-19(12-23(14-22)40-2)25-13-18(4-3-5-24(30(35)36)31(37)38)26(41-25)15-27-29(34)33(32(42)43-27)28-20-7-16-6-17(9-20)10-21(28)8-16/h11-17,20-21,24,28H,3-10H2,1-2H3,(H,35,36)(H,37,38)/b27-15-. The van der Waals surface area contributed by atoms with Crippen LogP contribution in [0.3, 0.4) is 0 Å². The summed E-state index contributed by atoms with van der Waals surface area (Å²) in [4.78, 5) is 39.1. The third-order valence-corrected chi connectivity index (χ3v) is 10.9. The summed E-state index contributed by atoms with van der Waals surface area (Å²) in [5.74, 6) is 0.412. The number of aliphatic carboxylic acids is 2. The van der Waals surface area contributed by atoms with Crippen LogP contribution in [-0.2, 0) is 20.8 Å². The Bertz CT molecular complexity index is 1430. The number of hydrogen-bond donors (Lipinski definition) is 2. The predicted molar refractivity (Wildman–Crippen MR) is 165 cm³/mol. The van der Waals surface area contributed by atoms with Crippen LogP contribution < -0.4 is 9.47 Å². The topological polar surface area (TPSA) is 127 Å². The van der Waals surface area contributed by atoms with Crippen molar-refractivity contribution < 1.29 is 38.5 Å². The van der Waals surface area contributed by atoms with Gasteiger partial charge in [0.2, 0.25) is 0 Å². The first-order valence-corrected chi connectivity index (χ1v) is 16.0. The van der Waals surface area contributed by atoms with Gasteiger partial charge in [-0.3, -0.25) is 19.3 Å². The number of thioether (sulfide) groups is 1. The van der Waals surface area contributed by atoms with Gasteiger partial charge in [-0.25, -0.2) is 0 Å². The molecule has 228 valence electrons. The van der Waals surface area contributed by atoms with Gasteiger partial charge < -0.3 is 24.1 Å². The Labute approximate surface area is 259 Å². The number of carbonyl (C=O) groups is 3. The van der Waals surface area contributed by atoms with Crippen molar-refractivity contribution in [3.05, 3.63) is 40.5 Å². The maximum Gasteiger partial charge on any atom is 0.317 e. The van der Waals surface area contributed by atoms with Crippen LogP contribution in [0.1, 0.15) is 56.3 Å². The van der Waals surface area contributed by atoms with Crippen molar-refractivity contribution >= 4 is 52.2 Å². The zero-order valence-corrected chi connectivity index (χ0v) is 25.7. The largest absolute Gasteiger partial charge is 0.497 e. The number of thiocarbonyl (C=S) groups is 1. The Hall–Kier alpha value is -3.31. The molecule has 0 unspecified atom stereocenters. The molecule has 11 heteroatoms. The van der Waals surface area contributed by atoms with E-state index in [1.54, 1.807) is 26.4 Å². The highest BCUT2D eigenvalue weighted by Gasteiger charge is 2.53. The second-order valence-electron chi connectivity index (χ2n) is 12.2. The molecular formula is C32H35NO8S2. The summed E-state index contributed by atoms with van der Waals surface area (Å²) >= 11 is 7.08. The highest BCUT2D eigenvalue weighted by atomic mass is 32.2. The van der Waals surface area contributed by atoms with Gasteiger partial charge in [-0.05, 0) is 98.8 Å². The summed E-state index contributed by atoms with van der Waals surface area (Å²) in [7, 11) is 3.12. The van der Waals surface area contributed by atoms with Crippen LogP contribution in [0.4, 0.5) is 0 Å². The van der Waals surface area contributed by atoms with Gasteiger partial charge >= 0.3 is 11.9 Å². The number of methoxy groups -OCH3 is 2. The van der Waals surface area contributed by atoms with E-state index in [0.717, 1.165) is 17.4 Å². The summed E-state index contributed by atoms with van der Waals surface area (Å²) in [6.07, 6.45) is 8.41. The van der Waals surface area contributed by atoms with Crippen LogP contribution in [-0.4, -0.2) is 57.5 Å². The summed E-state index contributed by atoms with van der Waals surface area (Å²) in [6, 6.07) is 7.37. The van der Waals surface area contributed by atoms with E-state index >= 15 is 0 Å². The minimum atomic E-state index is -1.49. The molecular weight excluding hydrogens is 590 g/mol. The quantitative estimate of drug-likeness (QED) is 0.172. The van der Waals surface area contributed by atoms with Gasteiger partial charge in [0.05, 0.1) is 19.1 Å². The van der Waals surface area contributed by atoms with Crippen LogP contribution in [0.25, 0.3) is 17.4 Å². The van der Waals surface area contributed by atoms with Crippen molar-refractivity contribution in [1.82, 2.24) is 4.90 Å². The van der Waals surface area contributed by atoms with Crippen molar-refractivity contribution in [2.45, 2.75) is 57.4 Å². The van der Waals surface area contributed by atoms with Crippen molar-refractivity contribution in [3.8, 4) is 22.8 Å². The van der Waals surface area contributed by atoms with Crippen molar-refractivity contribution in [2.75, 3.05) is 14.2 Å². The molecule has 7 rings (SSSR count). The Morgan fingerprint density at radius 2 is 1.63 bits per heavy atom. The number of furan rings is 1. The van der Waals surface area contributed by atoms with E-state index in [2.05, 4.69) is 0 Å². The molecule has 1 aromatic heterocycles. The molecule has 9 nitrogen and oxygen atoms in total.